The predicted octanol–water partition coefficient (Wildman–Crippen LogP) is 3.33. The van der Waals surface area contributed by atoms with Gasteiger partial charge in [0.1, 0.15) is 0 Å². The first-order valence-electron chi connectivity index (χ1n) is 8.26. The molecule has 1 amide bonds. The highest BCUT2D eigenvalue weighted by Gasteiger charge is 2.30. The summed E-state index contributed by atoms with van der Waals surface area (Å²) in [5.74, 6) is -0.276. The van der Waals surface area contributed by atoms with Crippen LogP contribution in [-0.2, 0) is 4.79 Å². The summed E-state index contributed by atoms with van der Waals surface area (Å²) in [6, 6.07) is 13.0. The summed E-state index contributed by atoms with van der Waals surface area (Å²) in [5.41, 5.74) is 3.57. The van der Waals surface area contributed by atoms with Crippen molar-refractivity contribution in [1.29, 1.82) is 0 Å². The Hall–Kier alpha value is -3.26. The quantitative estimate of drug-likeness (QED) is 0.426. The molecule has 0 saturated carbocycles. The zero-order valence-electron chi connectivity index (χ0n) is 14.8. The number of carbonyl (C=O) groups excluding carboxylic acids is 1. The predicted molar refractivity (Wildman–Crippen MR) is 107 cm³/mol. The molecule has 3 N–H and O–H groups in total. The maximum Gasteiger partial charge on any atom is 0.269 e. The molecule has 1 aliphatic heterocycles. The number of hydrogen-bond donors (Lipinski definition) is 3. The van der Waals surface area contributed by atoms with E-state index < -0.39 is 11.0 Å². The van der Waals surface area contributed by atoms with E-state index in [1.54, 1.807) is 19.1 Å². The van der Waals surface area contributed by atoms with E-state index in [1.165, 1.54) is 12.1 Å². The van der Waals surface area contributed by atoms with Crippen LogP contribution in [0.25, 0.3) is 0 Å². The smallest absolute Gasteiger partial charge is 0.269 e. The third kappa shape index (κ3) is 4.12. The number of nitrogens with one attached hydrogen (secondary N) is 3. The lowest BCUT2D eigenvalue weighted by molar-refractivity contribution is -0.384. The number of rotatable bonds is 4. The minimum absolute atomic E-state index is 0.0124. The van der Waals surface area contributed by atoms with Crippen LogP contribution in [-0.4, -0.2) is 15.9 Å². The number of thiocarbonyl (C=S) groups is 1. The molecule has 1 heterocycles. The number of carbonyl (C=O) groups is 1. The van der Waals surface area contributed by atoms with Crippen LogP contribution >= 0.6 is 12.2 Å². The average Bonchev–Trinajstić information content (AvgIpc) is 2.63. The van der Waals surface area contributed by atoms with Gasteiger partial charge in [0.05, 0.1) is 16.5 Å². The summed E-state index contributed by atoms with van der Waals surface area (Å²) in [6.07, 6.45) is 0. The van der Waals surface area contributed by atoms with Crippen molar-refractivity contribution in [3.05, 3.63) is 81.0 Å². The Kier molecular flexibility index (Phi) is 5.18. The Morgan fingerprint density at radius 1 is 1.11 bits per heavy atom. The van der Waals surface area contributed by atoms with E-state index in [4.69, 9.17) is 12.2 Å². The van der Waals surface area contributed by atoms with Gasteiger partial charge < -0.3 is 16.0 Å². The number of amides is 1. The molecule has 8 heteroatoms. The van der Waals surface area contributed by atoms with Crippen LogP contribution in [0.3, 0.4) is 0 Å². The van der Waals surface area contributed by atoms with E-state index in [2.05, 4.69) is 16.0 Å². The monoisotopic (exact) mass is 382 g/mol. The van der Waals surface area contributed by atoms with Crippen molar-refractivity contribution in [1.82, 2.24) is 10.6 Å². The van der Waals surface area contributed by atoms with Crippen LogP contribution < -0.4 is 16.0 Å². The average molecular weight is 382 g/mol. The number of benzene rings is 2. The highest BCUT2D eigenvalue weighted by atomic mass is 32.1. The molecule has 1 atom stereocenters. The summed E-state index contributed by atoms with van der Waals surface area (Å²) in [5, 5.41) is 20.2. The molecule has 0 radical (unpaired) electrons. The number of anilines is 1. The number of allylic oxidation sites excluding steroid dienone is 1. The first-order chi connectivity index (χ1) is 12.8. The summed E-state index contributed by atoms with van der Waals surface area (Å²) in [6.45, 7) is 3.74. The largest absolute Gasteiger partial charge is 0.351 e. The molecule has 0 bridgehead atoms. The fourth-order valence-corrected chi connectivity index (χ4v) is 3.14. The van der Waals surface area contributed by atoms with Gasteiger partial charge in [-0.05, 0) is 55.9 Å². The van der Waals surface area contributed by atoms with Crippen LogP contribution in [0, 0.1) is 17.0 Å². The van der Waals surface area contributed by atoms with Crippen LogP contribution in [0.15, 0.2) is 59.8 Å². The van der Waals surface area contributed by atoms with Gasteiger partial charge in [-0.25, -0.2) is 0 Å². The maximum absolute atomic E-state index is 12.9. The molecule has 2 aromatic rings. The van der Waals surface area contributed by atoms with E-state index in [0.717, 1.165) is 5.56 Å². The number of hydrogen-bond acceptors (Lipinski definition) is 4. The second-order valence-corrected chi connectivity index (χ2v) is 6.65. The van der Waals surface area contributed by atoms with Gasteiger partial charge >= 0.3 is 0 Å². The molecule has 27 heavy (non-hydrogen) atoms. The minimum Gasteiger partial charge on any atom is -0.351 e. The normalized spacial score (nSPS) is 16.4. The second-order valence-electron chi connectivity index (χ2n) is 6.24. The van der Waals surface area contributed by atoms with Crippen molar-refractivity contribution in [2.24, 2.45) is 0 Å². The van der Waals surface area contributed by atoms with Crippen molar-refractivity contribution in [3.8, 4) is 0 Å². The molecule has 2 aromatic carbocycles. The van der Waals surface area contributed by atoms with Crippen molar-refractivity contribution < 1.29 is 9.72 Å². The maximum atomic E-state index is 12.9. The van der Waals surface area contributed by atoms with Gasteiger partial charge in [0.25, 0.3) is 11.6 Å². The van der Waals surface area contributed by atoms with Crippen LogP contribution in [0.4, 0.5) is 11.4 Å². The molecule has 0 fully saturated rings. The molecule has 7 nitrogen and oxygen atoms in total. The Bertz CT molecular complexity index is 936. The first kappa shape index (κ1) is 18.5. The number of non-ortho nitro benzene ring substituents is 1. The SMILES string of the molecule is CC1=C(C(=O)Nc2ccc(C)cc2)[C@@H](c2ccc([N+](=O)[O-])cc2)NC(=S)N1. The van der Waals surface area contributed by atoms with E-state index >= 15 is 0 Å². The molecule has 0 aliphatic carbocycles. The summed E-state index contributed by atoms with van der Waals surface area (Å²) < 4.78 is 0. The lowest BCUT2D eigenvalue weighted by Crippen LogP contribution is -2.45. The molecule has 0 saturated heterocycles. The molecule has 3 rings (SSSR count). The fourth-order valence-electron chi connectivity index (χ4n) is 2.87. The van der Waals surface area contributed by atoms with Gasteiger partial charge in [-0.15, -0.1) is 0 Å². The molecular weight excluding hydrogens is 364 g/mol. The summed E-state index contributed by atoms with van der Waals surface area (Å²) >= 11 is 5.21. The zero-order chi connectivity index (χ0) is 19.6. The van der Waals surface area contributed by atoms with Gasteiger partial charge in [0.2, 0.25) is 0 Å². The minimum atomic E-state index is -0.509. The van der Waals surface area contributed by atoms with Gasteiger partial charge in [-0.1, -0.05) is 17.7 Å². The van der Waals surface area contributed by atoms with Crippen LogP contribution in [0.1, 0.15) is 24.1 Å². The third-order valence-corrected chi connectivity index (χ3v) is 4.48. The van der Waals surface area contributed by atoms with Crippen LogP contribution in [0.2, 0.25) is 0 Å². The summed E-state index contributed by atoms with van der Waals surface area (Å²) in [7, 11) is 0. The van der Waals surface area contributed by atoms with E-state index in [1.807, 2.05) is 31.2 Å². The van der Waals surface area contributed by atoms with Gasteiger partial charge in [-0.3, -0.25) is 14.9 Å². The number of nitro benzene ring substituents is 1. The molecular formula is C19H18N4O3S. The summed E-state index contributed by atoms with van der Waals surface area (Å²) in [4.78, 5) is 23.3. The second kappa shape index (κ2) is 7.55. The topological polar surface area (TPSA) is 96.3 Å². The number of aryl methyl sites for hydroxylation is 1. The van der Waals surface area contributed by atoms with Gasteiger partial charge in [-0.2, -0.15) is 0 Å². The Morgan fingerprint density at radius 2 is 1.74 bits per heavy atom. The molecule has 1 aliphatic rings. The highest BCUT2D eigenvalue weighted by Crippen LogP contribution is 2.29. The highest BCUT2D eigenvalue weighted by molar-refractivity contribution is 7.80. The Balaban J connectivity index is 1.92. The zero-order valence-corrected chi connectivity index (χ0v) is 15.6. The van der Waals surface area contributed by atoms with Gasteiger partial charge in [0, 0.05) is 23.5 Å². The van der Waals surface area contributed by atoms with E-state index in [-0.39, 0.29) is 11.6 Å². The molecule has 0 spiro atoms. The first-order valence-corrected chi connectivity index (χ1v) is 8.66. The van der Waals surface area contributed by atoms with Crippen LogP contribution in [0.5, 0.6) is 0 Å². The Labute approximate surface area is 161 Å². The van der Waals surface area contributed by atoms with E-state index in [0.29, 0.717) is 27.6 Å². The standard InChI is InChI=1S/C19H18N4O3S/c1-11-3-7-14(8-4-11)21-18(24)16-12(2)20-19(27)22-17(16)13-5-9-15(10-6-13)23(25)26/h3-10,17H,1-2H3,(H,21,24)(H2,20,22,27)/t17-/m1/s1. The van der Waals surface area contributed by atoms with Crippen molar-refractivity contribution in [3.63, 3.8) is 0 Å². The van der Waals surface area contributed by atoms with Crippen molar-refractivity contribution >= 4 is 34.6 Å². The molecule has 138 valence electrons. The number of nitro groups is 1. The molecule has 0 aromatic heterocycles. The lowest BCUT2D eigenvalue weighted by Gasteiger charge is -2.30. The Morgan fingerprint density at radius 3 is 2.33 bits per heavy atom. The third-order valence-electron chi connectivity index (χ3n) is 4.26. The fraction of sp³-hybridized carbons (Fsp3) is 0.158. The molecule has 0 unspecified atom stereocenters. The van der Waals surface area contributed by atoms with Crippen molar-refractivity contribution in [2.45, 2.75) is 19.9 Å². The lowest BCUT2D eigenvalue weighted by atomic mass is 9.94. The van der Waals surface area contributed by atoms with Gasteiger partial charge in [0.15, 0.2) is 5.11 Å². The number of nitrogens with zero attached hydrogens (tertiary/aromatic N) is 1. The van der Waals surface area contributed by atoms with Crippen molar-refractivity contribution in [2.75, 3.05) is 5.32 Å². The van der Waals surface area contributed by atoms with E-state index in [9.17, 15) is 14.9 Å².